The molecule has 1 unspecified atom stereocenters. The van der Waals surface area contributed by atoms with Gasteiger partial charge in [-0.25, -0.2) is 0 Å². The molecule has 1 aliphatic rings. The number of nitrogens with zero attached hydrogens (tertiary/aromatic N) is 1. The maximum Gasteiger partial charge on any atom is 0.226 e. The summed E-state index contributed by atoms with van der Waals surface area (Å²) >= 11 is 0. The van der Waals surface area contributed by atoms with Crippen LogP contribution in [0.25, 0.3) is 11.3 Å². The zero-order valence-electron chi connectivity index (χ0n) is 13.7. The molecular formula is C17H20N2O5. The Balaban J connectivity index is 1.66. The molecule has 2 aromatic rings. The SMILES string of the molecule is COCC(C)NC(=O)Cc1cc(-c2ccc3c(c2)OCCO3)on1. The number of nitrogens with one attached hydrogen (secondary N) is 1. The molecule has 0 aliphatic carbocycles. The van der Waals surface area contributed by atoms with Crippen LogP contribution in [0.3, 0.4) is 0 Å². The van der Waals surface area contributed by atoms with Gasteiger partial charge >= 0.3 is 0 Å². The van der Waals surface area contributed by atoms with Crippen LogP contribution in [-0.2, 0) is 16.0 Å². The lowest BCUT2D eigenvalue weighted by Gasteiger charge is -2.18. The summed E-state index contributed by atoms with van der Waals surface area (Å²) in [6.45, 7) is 3.42. The van der Waals surface area contributed by atoms with Crippen LogP contribution in [0.5, 0.6) is 11.5 Å². The van der Waals surface area contributed by atoms with Gasteiger partial charge in [-0.2, -0.15) is 0 Å². The summed E-state index contributed by atoms with van der Waals surface area (Å²) in [4.78, 5) is 12.0. The second-order valence-corrected chi connectivity index (χ2v) is 5.64. The van der Waals surface area contributed by atoms with Crippen molar-refractivity contribution in [3.05, 3.63) is 30.0 Å². The van der Waals surface area contributed by atoms with Crippen LogP contribution < -0.4 is 14.8 Å². The predicted molar refractivity (Wildman–Crippen MR) is 86.1 cm³/mol. The number of amides is 1. The van der Waals surface area contributed by atoms with E-state index in [-0.39, 0.29) is 18.4 Å². The third kappa shape index (κ3) is 3.86. The number of carbonyl (C=O) groups is 1. The van der Waals surface area contributed by atoms with Crippen molar-refractivity contribution < 1.29 is 23.5 Å². The number of aromatic nitrogens is 1. The number of benzene rings is 1. The summed E-state index contributed by atoms with van der Waals surface area (Å²) in [5, 5.41) is 6.80. The Bertz CT molecular complexity index is 713. The molecule has 0 saturated heterocycles. The third-order valence-electron chi connectivity index (χ3n) is 3.55. The summed E-state index contributed by atoms with van der Waals surface area (Å²) in [6, 6.07) is 7.27. The molecule has 7 nitrogen and oxygen atoms in total. The molecule has 0 saturated carbocycles. The number of hydrogen-bond acceptors (Lipinski definition) is 6. The lowest BCUT2D eigenvalue weighted by molar-refractivity contribution is -0.121. The van der Waals surface area contributed by atoms with Gasteiger partial charge in [-0.3, -0.25) is 4.79 Å². The van der Waals surface area contributed by atoms with Crippen LogP contribution in [0.15, 0.2) is 28.8 Å². The normalized spacial score (nSPS) is 14.2. The molecule has 1 amide bonds. The molecule has 0 fully saturated rings. The van der Waals surface area contributed by atoms with Gasteiger partial charge < -0.3 is 24.1 Å². The Kier molecular flexibility index (Phi) is 5.00. The van der Waals surface area contributed by atoms with Crippen molar-refractivity contribution in [1.29, 1.82) is 0 Å². The average Bonchev–Trinajstić information content (AvgIpc) is 3.02. The van der Waals surface area contributed by atoms with Crippen molar-refractivity contribution in [2.75, 3.05) is 26.9 Å². The Morgan fingerprint density at radius 3 is 2.88 bits per heavy atom. The molecule has 128 valence electrons. The van der Waals surface area contributed by atoms with Gasteiger partial charge in [0.1, 0.15) is 13.2 Å². The second-order valence-electron chi connectivity index (χ2n) is 5.64. The van der Waals surface area contributed by atoms with Crippen LogP contribution in [0.1, 0.15) is 12.6 Å². The van der Waals surface area contributed by atoms with E-state index in [0.717, 1.165) is 11.3 Å². The maximum absolute atomic E-state index is 12.0. The fraction of sp³-hybridized carbons (Fsp3) is 0.412. The van der Waals surface area contributed by atoms with Crippen molar-refractivity contribution in [3.63, 3.8) is 0 Å². The highest BCUT2D eigenvalue weighted by molar-refractivity contribution is 5.78. The first-order valence-corrected chi connectivity index (χ1v) is 7.79. The highest BCUT2D eigenvalue weighted by Crippen LogP contribution is 2.34. The molecule has 7 heteroatoms. The zero-order chi connectivity index (χ0) is 16.9. The summed E-state index contributed by atoms with van der Waals surface area (Å²) in [5.41, 5.74) is 1.40. The van der Waals surface area contributed by atoms with E-state index in [1.54, 1.807) is 13.2 Å². The van der Waals surface area contributed by atoms with E-state index >= 15 is 0 Å². The van der Waals surface area contributed by atoms with E-state index in [4.69, 9.17) is 18.7 Å². The molecule has 1 N–H and O–H groups in total. The Labute approximate surface area is 139 Å². The molecule has 24 heavy (non-hydrogen) atoms. The Hall–Kier alpha value is -2.54. The van der Waals surface area contributed by atoms with E-state index in [0.29, 0.717) is 37.0 Å². The number of rotatable bonds is 6. The number of methoxy groups -OCH3 is 1. The van der Waals surface area contributed by atoms with Crippen LogP contribution >= 0.6 is 0 Å². The third-order valence-corrected chi connectivity index (χ3v) is 3.55. The first-order chi connectivity index (χ1) is 11.7. The predicted octanol–water partition coefficient (Wildman–Crippen LogP) is 1.81. The van der Waals surface area contributed by atoms with E-state index in [9.17, 15) is 4.79 Å². The minimum atomic E-state index is -0.124. The van der Waals surface area contributed by atoms with Crippen molar-refractivity contribution in [2.24, 2.45) is 0 Å². The van der Waals surface area contributed by atoms with Crippen LogP contribution in [0.2, 0.25) is 0 Å². The summed E-state index contributed by atoms with van der Waals surface area (Å²) in [6.07, 6.45) is 0.155. The van der Waals surface area contributed by atoms with E-state index in [1.165, 1.54) is 0 Å². The van der Waals surface area contributed by atoms with Gasteiger partial charge in [-0.05, 0) is 25.1 Å². The van der Waals surface area contributed by atoms with Gasteiger partial charge in [0, 0.05) is 24.8 Å². The van der Waals surface area contributed by atoms with E-state index in [1.807, 2.05) is 25.1 Å². The number of hydrogen-bond donors (Lipinski definition) is 1. The van der Waals surface area contributed by atoms with Crippen molar-refractivity contribution in [1.82, 2.24) is 10.5 Å². The van der Waals surface area contributed by atoms with Crippen LogP contribution in [-0.4, -0.2) is 44.0 Å². The maximum atomic E-state index is 12.0. The minimum Gasteiger partial charge on any atom is -0.486 e. The standard InChI is InChI=1S/C17H20N2O5/c1-11(10-21-2)18-17(20)9-13-8-15(24-19-13)12-3-4-14-16(7-12)23-6-5-22-14/h3-4,7-8,11H,5-6,9-10H2,1-2H3,(H,18,20). The highest BCUT2D eigenvalue weighted by Gasteiger charge is 2.16. The summed E-state index contributed by atoms with van der Waals surface area (Å²) in [7, 11) is 1.60. The molecule has 1 aromatic heterocycles. The molecule has 1 aliphatic heterocycles. The van der Waals surface area contributed by atoms with Gasteiger partial charge in [0.15, 0.2) is 17.3 Å². The van der Waals surface area contributed by atoms with Crippen LogP contribution in [0.4, 0.5) is 0 Å². The van der Waals surface area contributed by atoms with Crippen molar-refractivity contribution in [2.45, 2.75) is 19.4 Å². The molecule has 3 rings (SSSR count). The van der Waals surface area contributed by atoms with E-state index in [2.05, 4.69) is 10.5 Å². The number of ether oxygens (including phenoxy) is 3. The van der Waals surface area contributed by atoms with Gasteiger partial charge in [-0.15, -0.1) is 0 Å². The molecule has 0 bridgehead atoms. The quantitative estimate of drug-likeness (QED) is 0.869. The topological polar surface area (TPSA) is 82.8 Å². The summed E-state index contributed by atoms with van der Waals surface area (Å²) < 4.78 is 21.4. The number of fused-ring (bicyclic) bond motifs is 1. The molecule has 1 atom stereocenters. The monoisotopic (exact) mass is 332 g/mol. The second kappa shape index (κ2) is 7.35. The lowest BCUT2D eigenvalue weighted by Crippen LogP contribution is -2.36. The average molecular weight is 332 g/mol. The lowest BCUT2D eigenvalue weighted by atomic mass is 10.1. The van der Waals surface area contributed by atoms with Crippen molar-refractivity contribution in [3.8, 4) is 22.8 Å². The molecule has 1 aromatic carbocycles. The summed E-state index contributed by atoms with van der Waals surface area (Å²) in [5.74, 6) is 1.86. The molecule has 2 heterocycles. The van der Waals surface area contributed by atoms with Crippen molar-refractivity contribution >= 4 is 5.91 Å². The molecule has 0 radical (unpaired) electrons. The zero-order valence-corrected chi connectivity index (χ0v) is 13.7. The van der Waals surface area contributed by atoms with Gasteiger partial charge in [-0.1, -0.05) is 5.16 Å². The van der Waals surface area contributed by atoms with E-state index < -0.39 is 0 Å². The molecule has 0 spiro atoms. The smallest absolute Gasteiger partial charge is 0.226 e. The fourth-order valence-corrected chi connectivity index (χ4v) is 2.51. The first kappa shape index (κ1) is 16.3. The Morgan fingerprint density at radius 1 is 1.29 bits per heavy atom. The van der Waals surface area contributed by atoms with Gasteiger partial charge in [0.05, 0.1) is 18.7 Å². The Morgan fingerprint density at radius 2 is 2.08 bits per heavy atom. The fourth-order valence-electron chi connectivity index (χ4n) is 2.51. The van der Waals surface area contributed by atoms with Gasteiger partial charge in [0.2, 0.25) is 5.91 Å². The minimum absolute atomic E-state index is 0.0494. The largest absolute Gasteiger partial charge is 0.486 e. The first-order valence-electron chi connectivity index (χ1n) is 7.79. The van der Waals surface area contributed by atoms with Gasteiger partial charge in [0.25, 0.3) is 0 Å². The number of carbonyl (C=O) groups excluding carboxylic acids is 1. The highest BCUT2D eigenvalue weighted by atomic mass is 16.6. The van der Waals surface area contributed by atoms with Crippen LogP contribution in [0, 0.1) is 0 Å². The molecular weight excluding hydrogens is 312 g/mol.